The summed E-state index contributed by atoms with van der Waals surface area (Å²) in [5.74, 6) is 0.541. The first kappa shape index (κ1) is 13.0. The third-order valence-corrected chi connectivity index (χ3v) is 4.60. The highest BCUT2D eigenvalue weighted by Crippen LogP contribution is 2.37. The Hall–Kier alpha value is -1.65. The van der Waals surface area contributed by atoms with Crippen LogP contribution in [0.15, 0.2) is 34.7 Å². The lowest BCUT2D eigenvalue weighted by molar-refractivity contribution is -0.0922. The van der Waals surface area contributed by atoms with Gasteiger partial charge in [-0.05, 0) is 25.0 Å². The second-order valence-electron chi connectivity index (χ2n) is 6.04. The lowest BCUT2D eigenvalue weighted by atomic mass is 9.82. The zero-order valence-corrected chi connectivity index (χ0v) is 11.8. The fourth-order valence-corrected chi connectivity index (χ4v) is 3.42. The molecule has 4 nitrogen and oxygen atoms in total. The number of hydrogen-bond acceptors (Lipinski definition) is 4. The Morgan fingerprint density at radius 2 is 2.14 bits per heavy atom. The molecular weight excluding hydrogens is 268 g/mol. The fourth-order valence-electron chi connectivity index (χ4n) is 3.42. The molecule has 1 aromatic carbocycles. The molecule has 3 heterocycles. The predicted molar refractivity (Wildman–Crippen MR) is 77.4 cm³/mol. The van der Waals surface area contributed by atoms with Crippen LogP contribution in [0.3, 0.4) is 0 Å². The molecular formula is C17H18O4. The van der Waals surface area contributed by atoms with Gasteiger partial charge in [-0.2, -0.15) is 0 Å². The average molecular weight is 286 g/mol. The van der Waals surface area contributed by atoms with Crippen LogP contribution in [0.25, 0.3) is 11.0 Å². The third kappa shape index (κ3) is 2.28. The van der Waals surface area contributed by atoms with E-state index in [9.17, 15) is 4.79 Å². The minimum Gasteiger partial charge on any atom is -0.453 e. The van der Waals surface area contributed by atoms with Gasteiger partial charge in [-0.25, -0.2) is 0 Å². The summed E-state index contributed by atoms with van der Waals surface area (Å²) in [7, 11) is 0. The smallest absolute Gasteiger partial charge is 0.201 e. The van der Waals surface area contributed by atoms with Crippen LogP contribution < -0.4 is 0 Å². The van der Waals surface area contributed by atoms with E-state index in [0.717, 1.165) is 36.8 Å². The van der Waals surface area contributed by atoms with Crippen LogP contribution in [0.4, 0.5) is 0 Å². The van der Waals surface area contributed by atoms with Gasteiger partial charge in [-0.15, -0.1) is 0 Å². The van der Waals surface area contributed by atoms with E-state index in [1.165, 1.54) is 0 Å². The summed E-state index contributed by atoms with van der Waals surface area (Å²) in [6.07, 6.45) is 2.39. The van der Waals surface area contributed by atoms with Crippen LogP contribution in [0.2, 0.25) is 0 Å². The van der Waals surface area contributed by atoms with Crippen LogP contribution in [0.5, 0.6) is 0 Å². The number of fused-ring (bicyclic) bond motifs is 1. The van der Waals surface area contributed by atoms with E-state index >= 15 is 0 Å². The standard InChI is InChI=1S/C17H18O4/c18-16(15-9-12-3-1-2-4-14(12)21-15)13-5-7-20-17(10-13)6-8-19-11-17/h1-4,9,13H,5-8,10-11H2. The maximum atomic E-state index is 12.7. The highest BCUT2D eigenvalue weighted by molar-refractivity contribution is 5.99. The Morgan fingerprint density at radius 3 is 2.95 bits per heavy atom. The van der Waals surface area contributed by atoms with Gasteiger partial charge in [0, 0.05) is 30.9 Å². The summed E-state index contributed by atoms with van der Waals surface area (Å²) < 4.78 is 17.1. The van der Waals surface area contributed by atoms with Crippen LogP contribution in [0.1, 0.15) is 29.8 Å². The van der Waals surface area contributed by atoms with Crippen molar-refractivity contribution in [3.63, 3.8) is 0 Å². The van der Waals surface area contributed by atoms with Gasteiger partial charge in [0.25, 0.3) is 0 Å². The van der Waals surface area contributed by atoms with E-state index in [2.05, 4.69) is 0 Å². The van der Waals surface area contributed by atoms with Gasteiger partial charge in [0.2, 0.25) is 5.78 Å². The molecule has 2 fully saturated rings. The van der Waals surface area contributed by atoms with E-state index in [-0.39, 0.29) is 17.3 Å². The molecule has 0 amide bonds. The highest BCUT2D eigenvalue weighted by Gasteiger charge is 2.43. The van der Waals surface area contributed by atoms with Crippen molar-refractivity contribution in [1.29, 1.82) is 0 Å². The molecule has 21 heavy (non-hydrogen) atoms. The number of hydrogen-bond donors (Lipinski definition) is 0. The average Bonchev–Trinajstić information content (AvgIpc) is 3.13. The number of ketones is 1. The van der Waals surface area contributed by atoms with Crippen LogP contribution in [0, 0.1) is 5.92 Å². The van der Waals surface area contributed by atoms with Crippen LogP contribution in [-0.4, -0.2) is 31.2 Å². The number of furan rings is 1. The number of carbonyl (C=O) groups excluding carboxylic acids is 1. The maximum absolute atomic E-state index is 12.7. The summed E-state index contributed by atoms with van der Waals surface area (Å²) >= 11 is 0. The number of ether oxygens (including phenoxy) is 2. The number of benzene rings is 1. The fraction of sp³-hybridized carbons (Fsp3) is 0.471. The molecule has 4 rings (SSSR count). The molecule has 2 saturated heterocycles. The summed E-state index contributed by atoms with van der Waals surface area (Å²) in [6, 6.07) is 9.57. The Morgan fingerprint density at radius 1 is 1.24 bits per heavy atom. The zero-order chi connectivity index (χ0) is 14.3. The largest absolute Gasteiger partial charge is 0.453 e. The molecule has 0 radical (unpaired) electrons. The second-order valence-corrected chi connectivity index (χ2v) is 6.04. The van der Waals surface area contributed by atoms with Gasteiger partial charge in [0.05, 0.1) is 12.2 Å². The van der Waals surface area contributed by atoms with E-state index in [1.54, 1.807) is 0 Å². The van der Waals surface area contributed by atoms with E-state index in [4.69, 9.17) is 13.9 Å². The second kappa shape index (κ2) is 4.97. The van der Waals surface area contributed by atoms with Gasteiger partial charge in [0.1, 0.15) is 5.58 Å². The quantitative estimate of drug-likeness (QED) is 0.795. The Balaban J connectivity index is 1.58. The lowest BCUT2D eigenvalue weighted by Crippen LogP contribution is -2.42. The van der Waals surface area contributed by atoms with Gasteiger partial charge in [0.15, 0.2) is 5.76 Å². The van der Waals surface area contributed by atoms with Gasteiger partial charge in [-0.3, -0.25) is 4.79 Å². The van der Waals surface area contributed by atoms with Crippen molar-refractivity contribution in [2.24, 2.45) is 5.92 Å². The van der Waals surface area contributed by atoms with Gasteiger partial charge >= 0.3 is 0 Å². The monoisotopic (exact) mass is 286 g/mol. The lowest BCUT2D eigenvalue weighted by Gasteiger charge is -2.36. The minimum absolute atomic E-state index is 0.0268. The zero-order valence-electron chi connectivity index (χ0n) is 11.8. The summed E-state index contributed by atoms with van der Waals surface area (Å²) in [5.41, 5.74) is 0.525. The van der Waals surface area contributed by atoms with Gasteiger partial charge < -0.3 is 13.9 Å². The number of Topliss-reactive ketones (excluding diaryl/α,β-unsaturated/α-hetero) is 1. The first-order valence-electron chi connectivity index (χ1n) is 7.50. The van der Waals surface area contributed by atoms with Crippen LogP contribution in [-0.2, 0) is 9.47 Å². The van der Waals surface area contributed by atoms with Crippen molar-refractivity contribution < 1.29 is 18.7 Å². The van der Waals surface area contributed by atoms with Crippen molar-refractivity contribution in [1.82, 2.24) is 0 Å². The highest BCUT2D eigenvalue weighted by atomic mass is 16.6. The number of para-hydroxylation sites is 1. The summed E-state index contributed by atoms with van der Waals surface area (Å²) in [4.78, 5) is 12.7. The minimum atomic E-state index is -0.245. The maximum Gasteiger partial charge on any atom is 0.201 e. The molecule has 0 N–H and O–H groups in total. The summed E-state index contributed by atoms with van der Waals surface area (Å²) in [6.45, 7) is 1.96. The van der Waals surface area contributed by atoms with E-state index in [0.29, 0.717) is 19.0 Å². The molecule has 2 atom stereocenters. The molecule has 4 heteroatoms. The Labute approximate surface area is 123 Å². The van der Waals surface area contributed by atoms with Crippen molar-refractivity contribution >= 4 is 16.8 Å². The molecule has 0 saturated carbocycles. The molecule has 0 bridgehead atoms. The van der Waals surface area contributed by atoms with E-state index < -0.39 is 0 Å². The van der Waals surface area contributed by atoms with E-state index in [1.807, 2.05) is 30.3 Å². The third-order valence-electron chi connectivity index (χ3n) is 4.60. The van der Waals surface area contributed by atoms with Crippen molar-refractivity contribution in [3.05, 3.63) is 36.1 Å². The van der Waals surface area contributed by atoms with Crippen LogP contribution >= 0.6 is 0 Å². The number of carbonyl (C=O) groups is 1. The Kier molecular flexibility index (Phi) is 3.08. The SMILES string of the molecule is O=C(c1cc2ccccc2o1)C1CCOC2(CCOC2)C1. The molecule has 1 spiro atoms. The molecule has 110 valence electrons. The predicted octanol–water partition coefficient (Wildman–Crippen LogP) is 3.20. The molecule has 2 aromatic rings. The first-order valence-corrected chi connectivity index (χ1v) is 7.50. The number of rotatable bonds is 2. The molecule has 1 aromatic heterocycles. The molecule has 2 unspecified atom stereocenters. The van der Waals surface area contributed by atoms with Crippen molar-refractivity contribution in [2.75, 3.05) is 19.8 Å². The normalized spacial score (nSPS) is 29.2. The van der Waals surface area contributed by atoms with Crippen molar-refractivity contribution in [3.8, 4) is 0 Å². The topological polar surface area (TPSA) is 48.7 Å². The van der Waals surface area contributed by atoms with Crippen molar-refractivity contribution in [2.45, 2.75) is 24.9 Å². The first-order chi connectivity index (χ1) is 10.3. The Bertz CT molecular complexity index is 633. The molecule has 2 aliphatic rings. The molecule has 0 aliphatic carbocycles. The summed E-state index contributed by atoms with van der Waals surface area (Å²) in [5, 5.41) is 0.979. The van der Waals surface area contributed by atoms with Gasteiger partial charge in [-0.1, -0.05) is 18.2 Å². The molecule has 2 aliphatic heterocycles.